The molecule has 1 aromatic rings. The van der Waals surface area contributed by atoms with Crippen LogP contribution in [0.15, 0.2) is 6.20 Å². The molecule has 6 nitrogen and oxygen atoms in total. The van der Waals surface area contributed by atoms with Crippen LogP contribution >= 0.6 is 0 Å². The molecular formula is C9H16N4O2. The fourth-order valence-electron chi connectivity index (χ4n) is 1.15. The van der Waals surface area contributed by atoms with E-state index < -0.39 is 0 Å². The number of rotatable bonds is 5. The molecule has 0 aliphatic carbocycles. The number of aromatic nitrogens is 2. The van der Waals surface area contributed by atoms with Gasteiger partial charge in [0.15, 0.2) is 0 Å². The molecule has 15 heavy (non-hydrogen) atoms. The highest BCUT2D eigenvalue weighted by atomic mass is 16.5. The van der Waals surface area contributed by atoms with Gasteiger partial charge in [-0.15, -0.1) is 0 Å². The molecule has 84 valence electrons. The summed E-state index contributed by atoms with van der Waals surface area (Å²) in [6, 6.07) is 0. The summed E-state index contributed by atoms with van der Waals surface area (Å²) in [5, 5.41) is 8.87. The summed E-state index contributed by atoms with van der Waals surface area (Å²) in [4.78, 5) is 11.5. The molecule has 0 radical (unpaired) electrons. The van der Waals surface area contributed by atoms with Crippen LogP contribution in [-0.4, -0.2) is 35.4 Å². The molecule has 1 aromatic heterocycles. The number of nitrogens with two attached hydrogens (primary N) is 1. The Bertz CT molecular complexity index is 324. The number of ether oxygens (including phenoxy) is 1. The predicted molar refractivity (Wildman–Crippen MR) is 56.4 cm³/mol. The van der Waals surface area contributed by atoms with Crippen molar-refractivity contribution in [3.63, 3.8) is 0 Å². The number of nitrogen functional groups attached to an aromatic ring is 1. The van der Waals surface area contributed by atoms with Gasteiger partial charge in [0.2, 0.25) is 0 Å². The van der Waals surface area contributed by atoms with Gasteiger partial charge in [0, 0.05) is 13.2 Å². The highest BCUT2D eigenvalue weighted by Gasteiger charge is 2.12. The maximum Gasteiger partial charge on any atom is 0.256 e. The molecule has 0 saturated carbocycles. The third-order valence-corrected chi connectivity index (χ3v) is 1.91. The number of nitrogens with one attached hydrogen (secondary N) is 2. The molecule has 4 N–H and O–H groups in total. The number of amides is 1. The van der Waals surface area contributed by atoms with Crippen LogP contribution < -0.4 is 11.1 Å². The van der Waals surface area contributed by atoms with Crippen molar-refractivity contribution in [1.82, 2.24) is 15.5 Å². The lowest BCUT2D eigenvalue weighted by molar-refractivity contribution is 0.0695. The zero-order valence-corrected chi connectivity index (χ0v) is 8.91. The summed E-state index contributed by atoms with van der Waals surface area (Å²) < 4.78 is 5.27. The second-order valence-corrected chi connectivity index (χ2v) is 3.17. The summed E-state index contributed by atoms with van der Waals surface area (Å²) in [5.41, 5.74) is 5.86. The molecule has 0 saturated heterocycles. The topological polar surface area (TPSA) is 93.0 Å². The van der Waals surface area contributed by atoms with Crippen LogP contribution in [0.1, 0.15) is 24.2 Å². The van der Waals surface area contributed by atoms with Gasteiger partial charge >= 0.3 is 0 Å². The number of anilines is 1. The van der Waals surface area contributed by atoms with E-state index in [1.54, 1.807) is 0 Å². The lowest BCUT2D eigenvalue weighted by Crippen LogP contribution is -2.32. The second-order valence-electron chi connectivity index (χ2n) is 3.17. The fraction of sp³-hybridized carbons (Fsp3) is 0.556. The van der Waals surface area contributed by atoms with Gasteiger partial charge in [0.25, 0.3) is 5.91 Å². The molecular weight excluding hydrogens is 196 g/mol. The molecule has 0 aromatic carbocycles. The lowest BCUT2D eigenvalue weighted by Gasteiger charge is -2.11. The highest BCUT2D eigenvalue weighted by Crippen LogP contribution is 2.04. The van der Waals surface area contributed by atoms with E-state index in [1.165, 1.54) is 6.20 Å². The van der Waals surface area contributed by atoms with Gasteiger partial charge in [0.1, 0.15) is 11.4 Å². The molecule has 0 bridgehead atoms. The number of nitrogens with zero attached hydrogens (tertiary/aromatic N) is 1. The van der Waals surface area contributed by atoms with E-state index in [9.17, 15) is 4.79 Å². The average molecular weight is 212 g/mol. The van der Waals surface area contributed by atoms with Gasteiger partial charge < -0.3 is 15.8 Å². The van der Waals surface area contributed by atoms with E-state index in [4.69, 9.17) is 10.5 Å². The van der Waals surface area contributed by atoms with Gasteiger partial charge in [-0.1, -0.05) is 0 Å². The quantitative estimate of drug-likeness (QED) is 0.647. The minimum Gasteiger partial charge on any atom is -0.383 e. The number of aromatic amines is 1. The monoisotopic (exact) mass is 212 g/mol. The van der Waals surface area contributed by atoms with E-state index in [2.05, 4.69) is 15.5 Å². The van der Waals surface area contributed by atoms with Crippen molar-refractivity contribution in [1.29, 1.82) is 0 Å². The smallest absolute Gasteiger partial charge is 0.256 e. The Labute approximate surface area is 88.2 Å². The number of H-pyrrole nitrogens is 1. The van der Waals surface area contributed by atoms with Crippen molar-refractivity contribution in [3.8, 4) is 0 Å². The molecule has 0 aliphatic heterocycles. The van der Waals surface area contributed by atoms with E-state index >= 15 is 0 Å². The van der Waals surface area contributed by atoms with E-state index in [-0.39, 0.29) is 17.8 Å². The van der Waals surface area contributed by atoms with Crippen LogP contribution in [0.4, 0.5) is 5.82 Å². The molecule has 0 spiro atoms. The predicted octanol–water partition coefficient (Wildman–Crippen LogP) is 0.147. The van der Waals surface area contributed by atoms with Gasteiger partial charge in [-0.3, -0.25) is 9.89 Å². The van der Waals surface area contributed by atoms with Crippen LogP contribution in [-0.2, 0) is 4.74 Å². The minimum absolute atomic E-state index is 0.00734. The Kier molecular flexibility index (Phi) is 4.11. The zero-order valence-electron chi connectivity index (χ0n) is 8.91. The first-order chi connectivity index (χ1) is 7.15. The van der Waals surface area contributed by atoms with Gasteiger partial charge in [0.05, 0.1) is 12.3 Å². The summed E-state index contributed by atoms with van der Waals surface area (Å²) in [7, 11) is 0. The van der Waals surface area contributed by atoms with Gasteiger partial charge in [-0.05, 0) is 13.8 Å². The summed E-state index contributed by atoms with van der Waals surface area (Å²) >= 11 is 0. The third kappa shape index (κ3) is 3.25. The highest BCUT2D eigenvalue weighted by molar-refractivity contribution is 5.98. The van der Waals surface area contributed by atoms with Crippen molar-refractivity contribution >= 4 is 11.7 Å². The number of hydrogen-bond acceptors (Lipinski definition) is 4. The van der Waals surface area contributed by atoms with Crippen molar-refractivity contribution < 1.29 is 9.53 Å². The molecule has 6 heteroatoms. The van der Waals surface area contributed by atoms with E-state index in [0.29, 0.717) is 18.7 Å². The molecule has 0 fully saturated rings. The van der Waals surface area contributed by atoms with Crippen molar-refractivity contribution in [3.05, 3.63) is 11.8 Å². The standard InChI is InChI=1S/C9H16N4O2/c1-3-15-6(2)4-11-9(14)7-5-12-13-8(7)10/h5-6H,3-4H2,1-2H3,(H,11,14)(H3,10,12,13). The van der Waals surface area contributed by atoms with E-state index in [0.717, 1.165) is 0 Å². The van der Waals surface area contributed by atoms with Crippen LogP contribution in [0.5, 0.6) is 0 Å². The lowest BCUT2D eigenvalue weighted by atomic mass is 10.3. The Morgan fingerprint density at radius 3 is 3.07 bits per heavy atom. The fourth-order valence-corrected chi connectivity index (χ4v) is 1.15. The number of hydrogen-bond donors (Lipinski definition) is 3. The second kappa shape index (κ2) is 5.35. The molecule has 1 amide bonds. The zero-order chi connectivity index (χ0) is 11.3. The Hall–Kier alpha value is -1.56. The molecule has 1 atom stereocenters. The van der Waals surface area contributed by atoms with Gasteiger partial charge in [-0.25, -0.2) is 0 Å². The largest absolute Gasteiger partial charge is 0.383 e. The van der Waals surface area contributed by atoms with Crippen LogP contribution in [0.25, 0.3) is 0 Å². The average Bonchev–Trinajstić information content (AvgIpc) is 2.61. The Morgan fingerprint density at radius 1 is 1.80 bits per heavy atom. The summed E-state index contributed by atoms with van der Waals surface area (Å²) in [6.45, 7) is 4.89. The maximum absolute atomic E-state index is 11.5. The molecule has 1 unspecified atom stereocenters. The maximum atomic E-state index is 11.5. The van der Waals surface area contributed by atoms with Crippen LogP contribution in [0, 0.1) is 0 Å². The molecule has 1 heterocycles. The molecule has 1 rings (SSSR count). The van der Waals surface area contributed by atoms with Crippen LogP contribution in [0.2, 0.25) is 0 Å². The Morgan fingerprint density at radius 2 is 2.53 bits per heavy atom. The minimum atomic E-state index is -0.243. The first-order valence-corrected chi connectivity index (χ1v) is 4.83. The molecule has 0 aliphatic rings. The third-order valence-electron chi connectivity index (χ3n) is 1.91. The first-order valence-electron chi connectivity index (χ1n) is 4.83. The number of carbonyl (C=O) groups excluding carboxylic acids is 1. The van der Waals surface area contributed by atoms with Crippen molar-refractivity contribution in [2.75, 3.05) is 18.9 Å². The van der Waals surface area contributed by atoms with E-state index in [1.807, 2.05) is 13.8 Å². The normalized spacial score (nSPS) is 12.4. The summed E-state index contributed by atoms with van der Waals surface area (Å²) in [6.07, 6.45) is 1.39. The Balaban J connectivity index is 2.40. The van der Waals surface area contributed by atoms with Crippen molar-refractivity contribution in [2.24, 2.45) is 0 Å². The SMILES string of the molecule is CCOC(C)CNC(=O)c1cn[nH]c1N. The van der Waals surface area contributed by atoms with Crippen molar-refractivity contribution in [2.45, 2.75) is 20.0 Å². The van der Waals surface area contributed by atoms with Gasteiger partial charge in [-0.2, -0.15) is 5.10 Å². The van der Waals surface area contributed by atoms with Crippen LogP contribution in [0.3, 0.4) is 0 Å². The number of carbonyl (C=O) groups is 1. The summed E-state index contributed by atoms with van der Waals surface area (Å²) in [5.74, 6) is 0.0318. The first kappa shape index (κ1) is 11.5.